The molecule has 1 rings (SSSR count). The first kappa shape index (κ1) is 9.35. The van der Waals surface area contributed by atoms with E-state index in [2.05, 4.69) is 35.9 Å². The van der Waals surface area contributed by atoms with Crippen LogP contribution in [-0.4, -0.2) is 29.9 Å². The van der Waals surface area contributed by atoms with Gasteiger partial charge >= 0.3 is 81.2 Å². The molecule has 0 radical (unpaired) electrons. The van der Waals surface area contributed by atoms with Gasteiger partial charge in [0, 0.05) is 0 Å². The van der Waals surface area contributed by atoms with Crippen molar-refractivity contribution in [3.8, 4) is 0 Å². The summed E-state index contributed by atoms with van der Waals surface area (Å²) < 4.78 is 1.50. The Morgan fingerprint density at radius 3 is 2.18 bits per heavy atom. The van der Waals surface area contributed by atoms with Gasteiger partial charge in [-0.1, -0.05) is 0 Å². The second-order valence-electron chi connectivity index (χ2n) is 2.28. The molecule has 1 aromatic rings. The molecule has 0 amide bonds. The van der Waals surface area contributed by atoms with Gasteiger partial charge in [0.15, 0.2) is 0 Å². The molecule has 2 heteroatoms. The summed E-state index contributed by atoms with van der Waals surface area (Å²) in [4.78, 5) is 0. The summed E-state index contributed by atoms with van der Waals surface area (Å²) in [6.45, 7) is 0. The van der Waals surface area contributed by atoms with Crippen molar-refractivity contribution in [2.24, 2.45) is 0 Å². The summed E-state index contributed by atoms with van der Waals surface area (Å²) in [5.74, 6) is 4.54. The molecule has 0 aromatic heterocycles. The first-order valence-electron chi connectivity index (χ1n) is 3.48. The first-order valence-corrected chi connectivity index (χ1v) is 8.98. The Balaban J connectivity index is 2.66. The van der Waals surface area contributed by atoms with E-state index in [4.69, 9.17) is 0 Å². The Bertz CT molecular complexity index is 203. The van der Waals surface area contributed by atoms with Crippen molar-refractivity contribution < 1.29 is 0 Å². The molecule has 0 saturated heterocycles. The van der Waals surface area contributed by atoms with Crippen LogP contribution in [0.15, 0.2) is 24.3 Å². The topological polar surface area (TPSA) is 0 Å². The van der Waals surface area contributed by atoms with Gasteiger partial charge in [-0.2, -0.15) is 0 Å². The van der Waals surface area contributed by atoms with Crippen molar-refractivity contribution in [3.05, 3.63) is 29.8 Å². The fourth-order valence-electron chi connectivity index (χ4n) is 0.888. The average Bonchev–Trinajstić information content (AvgIpc) is 2.07. The molecule has 0 aliphatic heterocycles. The van der Waals surface area contributed by atoms with E-state index < -0.39 is 0 Å². The summed E-state index contributed by atoms with van der Waals surface area (Å²) in [6.07, 6.45) is 0. The van der Waals surface area contributed by atoms with E-state index in [0.717, 1.165) is 15.0 Å². The van der Waals surface area contributed by atoms with E-state index in [0.29, 0.717) is 15.0 Å². The normalized spacial score (nSPS) is 10.0. The van der Waals surface area contributed by atoms with Crippen LogP contribution >= 0.6 is 0 Å². The molecule has 0 saturated carbocycles. The summed E-state index contributed by atoms with van der Waals surface area (Å²) in [7, 11) is 0. The molecule has 0 aliphatic carbocycles. The number of benzene rings is 1. The minimum absolute atomic E-state index is 0.663. The SMILES string of the molecule is C[Se]Cc1ccc([Se]C)cc1. The van der Waals surface area contributed by atoms with Crippen molar-refractivity contribution in [2.45, 2.75) is 17.0 Å². The molecular weight excluding hydrogens is 266 g/mol. The first-order chi connectivity index (χ1) is 5.36. The summed E-state index contributed by atoms with van der Waals surface area (Å²) in [6, 6.07) is 9.07. The van der Waals surface area contributed by atoms with Crippen LogP contribution in [0.2, 0.25) is 11.6 Å². The van der Waals surface area contributed by atoms with E-state index in [9.17, 15) is 0 Å². The van der Waals surface area contributed by atoms with Gasteiger partial charge in [0.1, 0.15) is 0 Å². The molecule has 0 unspecified atom stereocenters. The van der Waals surface area contributed by atoms with Crippen LogP contribution < -0.4 is 4.46 Å². The van der Waals surface area contributed by atoms with Gasteiger partial charge in [0.2, 0.25) is 0 Å². The van der Waals surface area contributed by atoms with Crippen molar-refractivity contribution in [1.29, 1.82) is 0 Å². The Morgan fingerprint density at radius 1 is 1.09 bits per heavy atom. The van der Waals surface area contributed by atoms with Crippen LogP contribution in [0.4, 0.5) is 0 Å². The molecule has 0 N–H and O–H groups in total. The standard InChI is InChI=1S/C9H12Se2/c1-10-7-8-3-5-9(11-2)6-4-8/h3-6H,7H2,1-2H3. The summed E-state index contributed by atoms with van der Waals surface area (Å²) in [5, 5.41) is 1.28. The molecule has 1 aromatic carbocycles. The fraction of sp³-hybridized carbons (Fsp3) is 0.333. The molecule has 0 aliphatic rings. The van der Waals surface area contributed by atoms with Gasteiger partial charge in [0.05, 0.1) is 0 Å². The van der Waals surface area contributed by atoms with Crippen LogP contribution in [0.3, 0.4) is 0 Å². The molecular formula is C9H12Se2. The Labute approximate surface area is 81.1 Å². The van der Waals surface area contributed by atoms with Crippen LogP contribution in [0.1, 0.15) is 5.56 Å². The molecule has 0 heterocycles. The van der Waals surface area contributed by atoms with Crippen molar-refractivity contribution >= 4 is 34.4 Å². The van der Waals surface area contributed by atoms with Crippen molar-refractivity contribution in [2.75, 3.05) is 0 Å². The molecule has 0 bridgehead atoms. The summed E-state index contributed by atoms with van der Waals surface area (Å²) >= 11 is 1.44. The Hall–Kier alpha value is 0.259. The zero-order valence-corrected chi connectivity index (χ0v) is 10.3. The quantitative estimate of drug-likeness (QED) is 0.731. The van der Waals surface area contributed by atoms with Crippen LogP contribution in [0.25, 0.3) is 0 Å². The van der Waals surface area contributed by atoms with Crippen LogP contribution in [0.5, 0.6) is 0 Å². The third kappa shape index (κ3) is 3.01. The predicted octanol–water partition coefficient (Wildman–Crippen LogP) is 1.32. The Kier molecular flexibility index (Phi) is 4.25. The van der Waals surface area contributed by atoms with E-state index in [-0.39, 0.29) is 0 Å². The molecule has 0 atom stereocenters. The van der Waals surface area contributed by atoms with Gasteiger partial charge in [-0.25, -0.2) is 0 Å². The summed E-state index contributed by atoms with van der Waals surface area (Å²) in [5.41, 5.74) is 1.50. The predicted molar refractivity (Wildman–Crippen MR) is 53.0 cm³/mol. The molecule has 0 spiro atoms. The zero-order valence-electron chi connectivity index (χ0n) is 6.83. The monoisotopic (exact) mass is 280 g/mol. The molecule has 11 heavy (non-hydrogen) atoms. The van der Waals surface area contributed by atoms with Crippen LogP contribution in [-0.2, 0) is 5.32 Å². The van der Waals surface area contributed by atoms with Gasteiger partial charge in [-0.3, -0.25) is 0 Å². The minimum atomic E-state index is 0.663. The second kappa shape index (κ2) is 5.00. The average molecular weight is 278 g/mol. The van der Waals surface area contributed by atoms with Gasteiger partial charge in [-0.15, -0.1) is 0 Å². The maximum atomic E-state index is 2.28. The van der Waals surface area contributed by atoms with Crippen molar-refractivity contribution in [1.82, 2.24) is 0 Å². The van der Waals surface area contributed by atoms with Gasteiger partial charge < -0.3 is 0 Å². The molecule has 60 valence electrons. The molecule has 0 nitrogen and oxygen atoms in total. The maximum absolute atomic E-state index is 2.28. The third-order valence-corrected chi connectivity index (χ3v) is 4.34. The van der Waals surface area contributed by atoms with E-state index >= 15 is 0 Å². The van der Waals surface area contributed by atoms with Gasteiger partial charge in [0.25, 0.3) is 0 Å². The Morgan fingerprint density at radius 2 is 1.73 bits per heavy atom. The van der Waals surface area contributed by atoms with Crippen molar-refractivity contribution in [3.63, 3.8) is 0 Å². The van der Waals surface area contributed by atoms with E-state index in [1.807, 2.05) is 0 Å². The van der Waals surface area contributed by atoms with E-state index in [1.165, 1.54) is 15.3 Å². The van der Waals surface area contributed by atoms with E-state index in [1.54, 1.807) is 0 Å². The number of hydrogen-bond acceptors (Lipinski definition) is 0. The van der Waals surface area contributed by atoms with Gasteiger partial charge in [-0.05, 0) is 0 Å². The fourth-order valence-corrected chi connectivity index (χ4v) is 2.85. The number of hydrogen-bond donors (Lipinski definition) is 0. The second-order valence-corrected chi connectivity index (χ2v) is 5.94. The van der Waals surface area contributed by atoms with Crippen LogP contribution in [0, 0.1) is 0 Å². The molecule has 0 fully saturated rings. The zero-order chi connectivity index (χ0) is 8.10. The third-order valence-electron chi connectivity index (χ3n) is 1.47. The number of rotatable bonds is 3.